The van der Waals surface area contributed by atoms with Crippen LogP contribution in [-0.4, -0.2) is 74.2 Å². The van der Waals surface area contributed by atoms with Gasteiger partial charge in [-0.25, -0.2) is 4.98 Å². The standard InChI is InChI=1S/C33H34F2N4O6/c1-32(34,35)45-28-18-22(17-27(38-28)41-4)33(40,11-12-39(2)3)29(23-7-6-8-26-30(23)44-14-13-43-26)24-16-21-15-20(19-36)9-10-25(21)37-31(24)42-5/h6-10,15-18,29,40H,11-14H2,1-5H3. The van der Waals surface area contributed by atoms with Gasteiger partial charge in [-0.15, -0.1) is 0 Å². The van der Waals surface area contributed by atoms with E-state index in [0.29, 0.717) is 59.2 Å². The molecule has 0 saturated carbocycles. The SMILES string of the molecule is COc1cc(C(O)(CCN(C)C)C(c2cc3cc(C#N)ccc3nc2OC)c2cccc3c2OCCO3)cc(OC(C)(F)F)n1. The van der Waals surface area contributed by atoms with Gasteiger partial charge in [-0.1, -0.05) is 12.1 Å². The van der Waals surface area contributed by atoms with E-state index in [9.17, 15) is 19.1 Å². The molecule has 2 aromatic carbocycles. The van der Waals surface area contributed by atoms with Crippen molar-refractivity contribution in [2.24, 2.45) is 0 Å². The minimum atomic E-state index is -3.55. The lowest BCUT2D eigenvalue weighted by Crippen LogP contribution is -2.38. The zero-order valence-electron chi connectivity index (χ0n) is 25.6. The number of rotatable bonds is 11. The topological polar surface area (TPSA) is 119 Å². The molecule has 3 heterocycles. The van der Waals surface area contributed by atoms with E-state index in [1.807, 2.05) is 31.1 Å². The van der Waals surface area contributed by atoms with Crippen molar-refractivity contribution >= 4 is 10.9 Å². The number of ether oxygens (including phenoxy) is 5. The number of fused-ring (bicyclic) bond motifs is 2. The molecule has 1 N–H and O–H groups in total. The molecule has 0 spiro atoms. The van der Waals surface area contributed by atoms with Crippen LogP contribution < -0.4 is 23.7 Å². The molecule has 236 valence electrons. The first-order valence-electron chi connectivity index (χ1n) is 14.2. The number of pyridine rings is 2. The normalized spacial score (nSPS) is 14.8. The maximum absolute atomic E-state index is 14.1. The number of halogens is 2. The molecule has 0 amide bonds. The van der Waals surface area contributed by atoms with Gasteiger partial charge in [-0.05, 0) is 56.4 Å². The Morgan fingerprint density at radius 3 is 2.44 bits per heavy atom. The highest BCUT2D eigenvalue weighted by atomic mass is 19.3. The lowest BCUT2D eigenvalue weighted by Gasteiger charge is -2.40. The number of hydrogen-bond acceptors (Lipinski definition) is 10. The Balaban J connectivity index is 1.86. The van der Waals surface area contributed by atoms with Gasteiger partial charge in [0.2, 0.25) is 17.6 Å². The lowest BCUT2D eigenvalue weighted by molar-refractivity contribution is -0.161. The third-order valence-corrected chi connectivity index (χ3v) is 7.54. The van der Waals surface area contributed by atoms with E-state index >= 15 is 0 Å². The van der Waals surface area contributed by atoms with Gasteiger partial charge in [0.25, 0.3) is 0 Å². The van der Waals surface area contributed by atoms with Gasteiger partial charge < -0.3 is 33.7 Å². The van der Waals surface area contributed by atoms with Crippen molar-refractivity contribution in [3.05, 3.63) is 76.9 Å². The van der Waals surface area contributed by atoms with Crippen LogP contribution in [0.25, 0.3) is 10.9 Å². The molecular weight excluding hydrogens is 586 g/mol. The Kier molecular flexibility index (Phi) is 8.95. The van der Waals surface area contributed by atoms with E-state index in [2.05, 4.69) is 11.1 Å². The van der Waals surface area contributed by atoms with Crippen LogP contribution in [0.4, 0.5) is 8.78 Å². The quantitative estimate of drug-likeness (QED) is 0.238. The second-order valence-corrected chi connectivity index (χ2v) is 11.0. The van der Waals surface area contributed by atoms with Crippen molar-refractivity contribution < 1.29 is 37.6 Å². The fourth-order valence-electron chi connectivity index (χ4n) is 5.54. The summed E-state index contributed by atoms with van der Waals surface area (Å²) in [6.45, 7) is 1.60. The molecule has 1 aliphatic heterocycles. The highest BCUT2D eigenvalue weighted by Crippen LogP contribution is 2.52. The fourth-order valence-corrected chi connectivity index (χ4v) is 5.54. The number of benzene rings is 2. The second-order valence-electron chi connectivity index (χ2n) is 11.0. The van der Waals surface area contributed by atoms with Gasteiger partial charge in [-0.3, -0.25) is 0 Å². The maximum Gasteiger partial charge on any atom is 0.396 e. The maximum atomic E-state index is 14.1. The summed E-state index contributed by atoms with van der Waals surface area (Å²) >= 11 is 0. The van der Waals surface area contributed by atoms with Gasteiger partial charge in [0.05, 0.1) is 37.3 Å². The van der Waals surface area contributed by atoms with Gasteiger partial charge in [0.15, 0.2) is 11.5 Å². The molecule has 1 aliphatic rings. The molecule has 0 saturated heterocycles. The van der Waals surface area contributed by atoms with Crippen LogP contribution in [0.15, 0.2) is 54.6 Å². The van der Waals surface area contributed by atoms with Gasteiger partial charge >= 0.3 is 6.11 Å². The second kappa shape index (κ2) is 12.7. The van der Waals surface area contributed by atoms with Crippen LogP contribution in [0, 0.1) is 11.3 Å². The predicted molar refractivity (Wildman–Crippen MR) is 161 cm³/mol. The molecule has 0 bridgehead atoms. The molecule has 4 aromatic rings. The van der Waals surface area contributed by atoms with Gasteiger partial charge in [-0.2, -0.15) is 19.0 Å². The summed E-state index contributed by atoms with van der Waals surface area (Å²) in [6.07, 6.45) is -3.45. The number of methoxy groups -OCH3 is 2. The smallest absolute Gasteiger partial charge is 0.396 e. The monoisotopic (exact) mass is 620 g/mol. The summed E-state index contributed by atoms with van der Waals surface area (Å²) in [7, 11) is 6.54. The summed E-state index contributed by atoms with van der Waals surface area (Å²) in [4.78, 5) is 10.7. The Morgan fingerprint density at radius 2 is 1.76 bits per heavy atom. The third kappa shape index (κ3) is 6.69. The lowest BCUT2D eigenvalue weighted by atomic mass is 9.71. The van der Waals surface area contributed by atoms with E-state index in [-0.39, 0.29) is 30.4 Å². The summed E-state index contributed by atoms with van der Waals surface area (Å²) in [5.41, 5.74) is 0.350. The largest absolute Gasteiger partial charge is 0.486 e. The number of nitriles is 1. The Morgan fingerprint density at radius 1 is 1.00 bits per heavy atom. The van der Waals surface area contributed by atoms with E-state index in [0.717, 1.165) is 0 Å². The van der Waals surface area contributed by atoms with E-state index in [1.165, 1.54) is 26.4 Å². The number of alkyl halides is 2. The number of para-hydroxylation sites is 1. The van der Waals surface area contributed by atoms with Crippen LogP contribution in [-0.2, 0) is 5.60 Å². The highest BCUT2D eigenvalue weighted by molar-refractivity contribution is 5.82. The van der Waals surface area contributed by atoms with Gasteiger partial charge in [0, 0.05) is 42.1 Å². The van der Waals surface area contributed by atoms with E-state index in [4.69, 9.17) is 28.7 Å². The number of hydrogen-bond donors (Lipinski definition) is 1. The average molecular weight is 621 g/mol. The van der Waals surface area contributed by atoms with Crippen LogP contribution in [0.3, 0.4) is 0 Å². The fraction of sp³-hybridized carbons (Fsp3) is 0.364. The van der Waals surface area contributed by atoms with Crippen molar-refractivity contribution in [1.29, 1.82) is 5.26 Å². The highest BCUT2D eigenvalue weighted by Gasteiger charge is 2.45. The van der Waals surface area contributed by atoms with Crippen LogP contribution >= 0.6 is 0 Å². The zero-order chi connectivity index (χ0) is 32.4. The summed E-state index contributed by atoms with van der Waals surface area (Å²) in [5, 5.41) is 23.4. The Labute approximate surface area is 259 Å². The first-order valence-corrected chi connectivity index (χ1v) is 14.2. The average Bonchev–Trinajstić information content (AvgIpc) is 3.02. The molecule has 0 radical (unpaired) electrons. The van der Waals surface area contributed by atoms with E-state index < -0.39 is 23.5 Å². The van der Waals surface area contributed by atoms with Crippen LogP contribution in [0.1, 0.15) is 41.5 Å². The zero-order valence-corrected chi connectivity index (χ0v) is 25.6. The Hall–Kier alpha value is -4.73. The molecule has 2 atom stereocenters. The molecule has 12 heteroatoms. The van der Waals surface area contributed by atoms with E-state index in [1.54, 1.807) is 30.3 Å². The first-order chi connectivity index (χ1) is 21.5. The molecule has 5 rings (SSSR count). The third-order valence-electron chi connectivity index (χ3n) is 7.54. The molecular formula is C33H34F2N4O6. The van der Waals surface area contributed by atoms with Gasteiger partial charge in [0.1, 0.15) is 18.8 Å². The van der Waals surface area contributed by atoms with Crippen LogP contribution in [0.2, 0.25) is 0 Å². The number of aliphatic hydroxyl groups is 1. The predicted octanol–water partition coefficient (Wildman–Crippen LogP) is 5.25. The number of aromatic nitrogens is 2. The summed E-state index contributed by atoms with van der Waals surface area (Å²) < 4.78 is 56.2. The first kappa shape index (κ1) is 31.7. The minimum Gasteiger partial charge on any atom is -0.486 e. The van der Waals surface area contributed by atoms with Crippen molar-refractivity contribution in [1.82, 2.24) is 14.9 Å². The summed E-state index contributed by atoms with van der Waals surface area (Å²) in [5.74, 6) is -0.328. The molecule has 0 aliphatic carbocycles. The number of nitrogens with zero attached hydrogens (tertiary/aromatic N) is 4. The van der Waals surface area contributed by atoms with Crippen molar-refractivity contribution in [3.63, 3.8) is 0 Å². The van der Waals surface area contributed by atoms with Crippen molar-refractivity contribution in [2.45, 2.75) is 31.0 Å². The molecule has 45 heavy (non-hydrogen) atoms. The molecule has 2 unspecified atom stereocenters. The van der Waals surface area contributed by atoms with Crippen LogP contribution in [0.5, 0.6) is 29.1 Å². The summed E-state index contributed by atoms with van der Waals surface area (Å²) in [6, 6.07) is 17.2. The van der Waals surface area contributed by atoms with Crippen molar-refractivity contribution in [2.75, 3.05) is 48.1 Å². The molecule has 0 fully saturated rings. The molecule has 2 aromatic heterocycles. The Bertz CT molecular complexity index is 1740. The minimum absolute atomic E-state index is 0.0364. The molecule has 10 nitrogen and oxygen atoms in total. The van der Waals surface area contributed by atoms with Crippen molar-refractivity contribution in [3.8, 4) is 35.2 Å².